The van der Waals surface area contributed by atoms with Crippen molar-refractivity contribution in [3.05, 3.63) is 35.9 Å². The minimum Gasteiger partial charge on any atom is -0.456 e. The van der Waals surface area contributed by atoms with Crippen molar-refractivity contribution in [3.8, 4) is 0 Å². The summed E-state index contributed by atoms with van der Waals surface area (Å²) >= 11 is 0. The van der Waals surface area contributed by atoms with Gasteiger partial charge in [-0.2, -0.15) is 0 Å². The Morgan fingerprint density at radius 2 is 1.54 bits per heavy atom. The number of nitrogens with one attached hydrogen (secondary N) is 1. The lowest BCUT2D eigenvalue weighted by molar-refractivity contribution is -0.150. The highest BCUT2D eigenvalue weighted by molar-refractivity contribution is 5.98. The number of hydrogen-bond donors (Lipinski definition) is 1. The number of esters is 1. The molecule has 5 rings (SSSR count). The molecule has 26 heavy (non-hydrogen) atoms. The van der Waals surface area contributed by atoms with E-state index in [1.165, 1.54) is 19.3 Å². The maximum absolute atomic E-state index is 12.8. The summed E-state index contributed by atoms with van der Waals surface area (Å²) in [7, 11) is 0. The van der Waals surface area contributed by atoms with Crippen LogP contribution in [0.1, 0.15) is 48.9 Å². The van der Waals surface area contributed by atoms with E-state index in [0.29, 0.717) is 23.3 Å². The highest BCUT2D eigenvalue weighted by Crippen LogP contribution is 2.60. The normalized spacial score (nSPS) is 31.5. The first-order chi connectivity index (χ1) is 12.5. The van der Waals surface area contributed by atoms with Crippen molar-refractivity contribution in [1.29, 1.82) is 0 Å². The number of ether oxygens (including phenoxy) is 1. The molecule has 0 atom stereocenters. The maximum atomic E-state index is 12.8. The molecule has 5 nitrogen and oxygen atoms in total. The molecule has 0 radical (unpaired) electrons. The third-order valence-corrected chi connectivity index (χ3v) is 6.37. The molecule has 138 valence electrons. The van der Waals surface area contributed by atoms with Crippen LogP contribution in [-0.4, -0.2) is 30.8 Å². The Bertz CT molecular complexity index is 677. The van der Waals surface area contributed by atoms with Gasteiger partial charge in [-0.3, -0.25) is 14.4 Å². The van der Waals surface area contributed by atoms with Gasteiger partial charge in [-0.15, -0.1) is 0 Å². The highest BCUT2D eigenvalue weighted by atomic mass is 16.5. The van der Waals surface area contributed by atoms with E-state index >= 15 is 0 Å². The van der Waals surface area contributed by atoms with Crippen molar-refractivity contribution >= 4 is 17.7 Å². The molecular formula is C21H25NO4. The summed E-state index contributed by atoms with van der Waals surface area (Å²) in [5.41, 5.74) is 0.243. The van der Waals surface area contributed by atoms with Crippen LogP contribution in [0.15, 0.2) is 30.3 Å². The zero-order valence-electron chi connectivity index (χ0n) is 14.9. The lowest BCUT2D eigenvalue weighted by Crippen LogP contribution is -2.54. The van der Waals surface area contributed by atoms with Crippen LogP contribution in [-0.2, 0) is 14.3 Å². The van der Waals surface area contributed by atoms with Crippen molar-refractivity contribution in [2.75, 3.05) is 13.2 Å². The Labute approximate surface area is 153 Å². The second-order valence-electron chi connectivity index (χ2n) is 8.33. The Morgan fingerprint density at radius 3 is 2.12 bits per heavy atom. The van der Waals surface area contributed by atoms with Gasteiger partial charge >= 0.3 is 5.97 Å². The lowest BCUT2D eigenvalue weighted by atomic mass is 9.49. The van der Waals surface area contributed by atoms with E-state index in [0.717, 1.165) is 19.3 Å². The molecule has 4 aliphatic carbocycles. The standard InChI is InChI=1S/C21H25NO4/c23-18(17-4-2-1-3-5-17)13-26-19(24)12-22-20(25)21-9-14-6-15(10-21)8-16(7-14)11-21/h1-5,14-16H,6-13H2,(H,22,25). The van der Waals surface area contributed by atoms with E-state index in [4.69, 9.17) is 4.74 Å². The van der Waals surface area contributed by atoms with Gasteiger partial charge < -0.3 is 10.1 Å². The van der Waals surface area contributed by atoms with Gasteiger partial charge in [-0.05, 0) is 56.3 Å². The molecule has 1 aromatic carbocycles. The number of hydrogen-bond acceptors (Lipinski definition) is 4. The zero-order chi connectivity index (χ0) is 18.1. The predicted octanol–water partition coefficient (Wildman–Crippen LogP) is 2.75. The molecule has 4 aliphatic rings. The highest BCUT2D eigenvalue weighted by Gasteiger charge is 2.54. The fourth-order valence-electron chi connectivity index (χ4n) is 5.63. The zero-order valence-corrected chi connectivity index (χ0v) is 14.9. The van der Waals surface area contributed by atoms with E-state index in [1.54, 1.807) is 24.3 Å². The minimum absolute atomic E-state index is 0.00272. The van der Waals surface area contributed by atoms with Crippen LogP contribution in [0, 0.1) is 23.2 Å². The summed E-state index contributed by atoms with van der Waals surface area (Å²) in [6.07, 6.45) is 6.72. The number of carbonyl (C=O) groups excluding carboxylic acids is 3. The van der Waals surface area contributed by atoms with Crippen LogP contribution in [0.4, 0.5) is 0 Å². The van der Waals surface area contributed by atoms with Crippen molar-refractivity contribution < 1.29 is 19.1 Å². The smallest absolute Gasteiger partial charge is 0.325 e. The van der Waals surface area contributed by atoms with E-state index in [9.17, 15) is 14.4 Å². The van der Waals surface area contributed by atoms with Crippen LogP contribution < -0.4 is 5.32 Å². The summed E-state index contributed by atoms with van der Waals surface area (Å²) in [4.78, 5) is 36.6. The van der Waals surface area contributed by atoms with Crippen molar-refractivity contribution in [3.63, 3.8) is 0 Å². The van der Waals surface area contributed by atoms with Crippen LogP contribution in [0.5, 0.6) is 0 Å². The summed E-state index contributed by atoms with van der Waals surface area (Å²) in [6, 6.07) is 8.72. The van der Waals surface area contributed by atoms with Gasteiger partial charge in [0.05, 0.1) is 0 Å². The Hall–Kier alpha value is -2.17. The first kappa shape index (κ1) is 17.3. The molecule has 0 spiro atoms. The molecule has 0 aromatic heterocycles. The van der Waals surface area contributed by atoms with Gasteiger partial charge in [0.1, 0.15) is 6.54 Å². The van der Waals surface area contributed by atoms with Crippen molar-refractivity contribution in [2.45, 2.75) is 38.5 Å². The van der Waals surface area contributed by atoms with Gasteiger partial charge in [-0.1, -0.05) is 30.3 Å². The van der Waals surface area contributed by atoms with Crippen LogP contribution in [0.3, 0.4) is 0 Å². The molecule has 1 N–H and O–H groups in total. The number of amides is 1. The van der Waals surface area contributed by atoms with Crippen LogP contribution >= 0.6 is 0 Å². The Kier molecular flexibility index (Phi) is 4.55. The second-order valence-corrected chi connectivity index (χ2v) is 8.33. The average Bonchev–Trinajstić information content (AvgIpc) is 2.63. The number of rotatable bonds is 6. The summed E-state index contributed by atoms with van der Waals surface area (Å²) in [5, 5.41) is 2.78. The lowest BCUT2D eigenvalue weighted by Gasteiger charge is -2.55. The molecular weight excluding hydrogens is 330 g/mol. The van der Waals surface area contributed by atoms with E-state index < -0.39 is 5.97 Å². The van der Waals surface area contributed by atoms with E-state index in [-0.39, 0.29) is 30.3 Å². The van der Waals surface area contributed by atoms with Gasteiger partial charge in [0, 0.05) is 11.0 Å². The second kappa shape index (κ2) is 6.86. The molecule has 4 fully saturated rings. The van der Waals surface area contributed by atoms with Gasteiger partial charge in [0.2, 0.25) is 5.91 Å². The van der Waals surface area contributed by atoms with Crippen molar-refractivity contribution in [1.82, 2.24) is 5.32 Å². The summed E-state index contributed by atoms with van der Waals surface area (Å²) in [6.45, 7) is -0.460. The predicted molar refractivity (Wildman–Crippen MR) is 95.3 cm³/mol. The number of ketones is 1. The Balaban J connectivity index is 1.26. The third kappa shape index (κ3) is 3.39. The number of benzene rings is 1. The van der Waals surface area contributed by atoms with Crippen LogP contribution in [0.25, 0.3) is 0 Å². The molecule has 1 amide bonds. The van der Waals surface area contributed by atoms with Crippen molar-refractivity contribution in [2.24, 2.45) is 23.2 Å². The quantitative estimate of drug-likeness (QED) is 0.629. The average molecular weight is 355 g/mol. The molecule has 4 bridgehead atoms. The first-order valence-corrected chi connectivity index (χ1v) is 9.56. The minimum atomic E-state index is -0.563. The molecule has 0 aliphatic heterocycles. The molecule has 0 unspecified atom stereocenters. The fourth-order valence-corrected chi connectivity index (χ4v) is 5.63. The SMILES string of the molecule is O=C(CNC(=O)C12CC3CC(CC(C3)C1)C2)OCC(=O)c1ccccc1. The molecule has 0 heterocycles. The topological polar surface area (TPSA) is 72.5 Å². The monoisotopic (exact) mass is 355 g/mol. The van der Waals surface area contributed by atoms with E-state index in [1.807, 2.05) is 6.07 Å². The molecule has 4 saturated carbocycles. The number of Topliss-reactive ketones (excluding diaryl/α,β-unsaturated/α-hetero) is 1. The first-order valence-electron chi connectivity index (χ1n) is 9.56. The third-order valence-electron chi connectivity index (χ3n) is 6.37. The number of carbonyl (C=O) groups is 3. The van der Waals surface area contributed by atoms with Gasteiger partial charge in [0.15, 0.2) is 12.4 Å². The fraction of sp³-hybridized carbons (Fsp3) is 0.571. The summed E-state index contributed by atoms with van der Waals surface area (Å²) < 4.78 is 5.02. The molecule has 1 aromatic rings. The summed E-state index contributed by atoms with van der Waals surface area (Å²) in [5.74, 6) is 1.24. The van der Waals surface area contributed by atoms with Gasteiger partial charge in [-0.25, -0.2) is 0 Å². The van der Waals surface area contributed by atoms with Gasteiger partial charge in [0.25, 0.3) is 0 Å². The van der Waals surface area contributed by atoms with E-state index in [2.05, 4.69) is 5.32 Å². The van der Waals surface area contributed by atoms with Crippen LogP contribution in [0.2, 0.25) is 0 Å². The molecule has 5 heteroatoms. The maximum Gasteiger partial charge on any atom is 0.325 e. The Morgan fingerprint density at radius 1 is 0.962 bits per heavy atom. The largest absolute Gasteiger partial charge is 0.456 e. The molecule has 0 saturated heterocycles.